The number of aromatic nitrogens is 2. The van der Waals surface area contributed by atoms with E-state index in [0.29, 0.717) is 16.6 Å². The van der Waals surface area contributed by atoms with Crippen LogP contribution < -0.4 is 5.32 Å². The SMILES string of the molecule is Cc1cc(NC(=O)CSc2ccccc2Cl)n[nH]1. The molecule has 1 aromatic carbocycles. The first kappa shape index (κ1) is 13.0. The van der Waals surface area contributed by atoms with Crippen molar-refractivity contribution in [1.82, 2.24) is 10.2 Å². The van der Waals surface area contributed by atoms with Gasteiger partial charge in [0, 0.05) is 16.7 Å². The fourth-order valence-electron chi connectivity index (χ4n) is 1.37. The zero-order valence-electron chi connectivity index (χ0n) is 9.74. The molecule has 4 nitrogen and oxygen atoms in total. The van der Waals surface area contributed by atoms with E-state index in [9.17, 15) is 4.79 Å². The summed E-state index contributed by atoms with van der Waals surface area (Å²) < 4.78 is 0. The van der Waals surface area contributed by atoms with Crippen molar-refractivity contribution in [3.8, 4) is 0 Å². The number of benzene rings is 1. The number of carbonyl (C=O) groups is 1. The summed E-state index contributed by atoms with van der Waals surface area (Å²) in [6, 6.07) is 9.22. The molecule has 0 bridgehead atoms. The van der Waals surface area contributed by atoms with Crippen molar-refractivity contribution in [2.45, 2.75) is 11.8 Å². The van der Waals surface area contributed by atoms with Crippen LogP contribution in [0.5, 0.6) is 0 Å². The predicted molar refractivity (Wildman–Crippen MR) is 74.1 cm³/mol. The molecule has 0 spiro atoms. The summed E-state index contributed by atoms with van der Waals surface area (Å²) >= 11 is 7.40. The van der Waals surface area contributed by atoms with Crippen molar-refractivity contribution >= 4 is 35.1 Å². The predicted octanol–water partition coefficient (Wildman–Crippen LogP) is 3.10. The summed E-state index contributed by atoms with van der Waals surface area (Å²) in [4.78, 5) is 12.6. The smallest absolute Gasteiger partial charge is 0.235 e. The Morgan fingerprint density at radius 2 is 2.28 bits per heavy atom. The van der Waals surface area contributed by atoms with E-state index in [2.05, 4.69) is 15.5 Å². The van der Waals surface area contributed by atoms with Gasteiger partial charge in [-0.3, -0.25) is 9.89 Å². The lowest BCUT2D eigenvalue weighted by Gasteiger charge is -2.03. The maximum atomic E-state index is 11.7. The number of nitrogens with zero attached hydrogens (tertiary/aromatic N) is 1. The third-order valence-electron chi connectivity index (χ3n) is 2.17. The molecule has 0 aliphatic carbocycles. The van der Waals surface area contributed by atoms with Crippen LogP contribution in [0.2, 0.25) is 5.02 Å². The molecule has 0 atom stereocenters. The standard InChI is InChI=1S/C12H12ClN3OS/c1-8-6-11(16-15-8)14-12(17)7-18-10-5-3-2-4-9(10)13/h2-6H,7H2,1H3,(H2,14,15,16,17). The Hall–Kier alpha value is -1.46. The summed E-state index contributed by atoms with van der Waals surface area (Å²) in [6.45, 7) is 1.88. The van der Waals surface area contributed by atoms with Crippen LogP contribution >= 0.6 is 23.4 Å². The molecule has 1 heterocycles. The number of rotatable bonds is 4. The molecule has 0 aliphatic heterocycles. The largest absolute Gasteiger partial charge is 0.308 e. The highest BCUT2D eigenvalue weighted by Crippen LogP contribution is 2.26. The second kappa shape index (κ2) is 5.93. The number of aryl methyl sites for hydroxylation is 1. The van der Waals surface area contributed by atoms with E-state index >= 15 is 0 Å². The molecule has 1 amide bonds. The number of hydrogen-bond donors (Lipinski definition) is 2. The first-order valence-electron chi connectivity index (χ1n) is 5.34. The van der Waals surface area contributed by atoms with Gasteiger partial charge in [0.05, 0.1) is 10.8 Å². The van der Waals surface area contributed by atoms with Crippen LogP contribution in [0.15, 0.2) is 35.2 Å². The van der Waals surface area contributed by atoms with E-state index in [0.717, 1.165) is 10.6 Å². The molecule has 2 aromatic rings. The number of nitrogens with one attached hydrogen (secondary N) is 2. The number of anilines is 1. The summed E-state index contributed by atoms with van der Waals surface area (Å²) in [5.41, 5.74) is 0.907. The molecule has 0 saturated carbocycles. The van der Waals surface area contributed by atoms with E-state index in [-0.39, 0.29) is 5.91 Å². The number of hydrogen-bond acceptors (Lipinski definition) is 3. The van der Waals surface area contributed by atoms with Crippen LogP contribution in [0.3, 0.4) is 0 Å². The van der Waals surface area contributed by atoms with Crippen LogP contribution in [-0.2, 0) is 4.79 Å². The van der Waals surface area contributed by atoms with E-state index in [1.54, 1.807) is 12.1 Å². The zero-order chi connectivity index (χ0) is 13.0. The highest BCUT2D eigenvalue weighted by molar-refractivity contribution is 8.00. The zero-order valence-corrected chi connectivity index (χ0v) is 11.3. The average molecular weight is 282 g/mol. The Labute approximate surface area is 114 Å². The number of amides is 1. The van der Waals surface area contributed by atoms with Crippen LogP contribution in [-0.4, -0.2) is 21.9 Å². The number of halogens is 1. The third-order valence-corrected chi connectivity index (χ3v) is 3.68. The quantitative estimate of drug-likeness (QED) is 0.847. The highest BCUT2D eigenvalue weighted by Gasteiger charge is 2.07. The number of H-pyrrole nitrogens is 1. The highest BCUT2D eigenvalue weighted by atomic mass is 35.5. The molecule has 0 unspecified atom stereocenters. The van der Waals surface area contributed by atoms with Crippen molar-refractivity contribution in [2.75, 3.05) is 11.1 Å². The minimum atomic E-state index is -0.105. The molecule has 0 saturated heterocycles. The van der Waals surface area contributed by atoms with Gasteiger partial charge in [-0.2, -0.15) is 5.10 Å². The van der Waals surface area contributed by atoms with Gasteiger partial charge < -0.3 is 5.32 Å². The van der Waals surface area contributed by atoms with Gasteiger partial charge in [0.2, 0.25) is 5.91 Å². The summed E-state index contributed by atoms with van der Waals surface area (Å²) in [6.07, 6.45) is 0. The van der Waals surface area contributed by atoms with E-state index < -0.39 is 0 Å². The number of aromatic amines is 1. The first-order valence-corrected chi connectivity index (χ1v) is 6.70. The van der Waals surface area contributed by atoms with Crippen LogP contribution in [0.4, 0.5) is 5.82 Å². The maximum absolute atomic E-state index is 11.7. The number of thioether (sulfide) groups is 1. The Balaban J connectivity index is 1.87. The van der Waals surface area contributed by atoms with Gasteiger partial charge in [0.15, 0.2) is 5.82 Å². The Bertz CT molecular complexity index is 556. The van der Waals surface area contributed by atoms with Gasteiger partial charge in [-0.05, 0) is 19.1 Å². The van der Waals surface area contributed by atoms with Crippen LogP contribution in [0.25, 0.3) is 0 Å². The Kier molecular flexibility index (Phi) is 4.28. The molecule has 1 aromatic heterocycles. The average Bonchev–Trinajstić information content (AvgIpc) is 2.74. The molecule has 2 N–H and O–H groups in total. The van der Waals surface area contributed by atoms with E-state index in [1.165, 1.54) is 11.8 Å². The van der Waals surface area contributed by atoms with Crippen molar-refractivity contribution in [2.24, 2.45) is 0 Å². The van der Waals surface area contributed by atoms with Gasteiger partial charge in [-0.1, -0.05) is 23.7 Å². The third kappa shape index (κ3) is 3.51. The molecule has 18 heavy (non-hydrogen) atoms. The van der Waals surface area contributed by atoms with Crippen molar-refractivity contribution in [3.63, 3.8) is 0 Å². The normalized spacial score (nSPS) is 10.3. The van der Waals surface area contributed by atoms with E-state index in [4.69, 9.17) is 11.6 Å². The lowest BCUT2D eigenvalue weighted by molar-refractivity contribution is -0.113. The summed E-state index contributed by atoms with van der Waals surface area (Å²) in [7, 11) is 0. The van der Waals surface area contributed by atoms with E-state index in [1.807, 2.05) is 25.1 Å². The second-order valence-corrected chi connectivity index (χ2v) is 5.13. The molecule has 2 rings (SSSR count). The van der Waals surface area contributed by atoms with Crippen molar-refractivity contribution in [1.29, 1.82) is 0 Å². The van der Waals surface area contributed by atoms with Gasteiger partial charge in [0.25, 0.3) is 0 Å². The second-order valence-electron chi connectivity index (χ2n) is 3.70. The lowest BCUT2D eigenvalue weighted by Crippen LogP contribution is -2.14. The van der Waals surface area contributed by atoms with Crippen molar-refractivity contribution in [3.05, 3.63) is 41.0 Å². The van der Waals surface area contributed by atoms with Gasteiger partial charge in [-0.15, -0.1) is 11.8 Å². The fraction of sp³-hybridized carbons (Fsp3) is 0.167. The molecule has 94 valence electrons. The summed E-state index contributed by atoms with van der Waals surface area (Å²) in [5.74, 6) is 0.735. The summed E-state index contributed by atoms with van der Waals surface area (Å²) in [5, 5.41) is 10.1. The topological polar surface area (TPSA) is 57.8 Å². The minimum Gasteiger partial charge on any atom is -0.308 e. The maximum Gasteiger partial charge on any atom is 0.235 e. The molecular weight excluding hydrogens is 270 g/mol. The number of carbonyl (C=O) groups excluding carboxylic acids is 1. The Morgan fingerprint density at radius 1 is 1.50 bits per heavy atom. The monoisotopic (exact) mass is 281 g/mol. The molecule has 0 fully saturated rings. The minimum absolute atomic E-state index is 0.105. The molecule has 0 aliphatic rings. The molecular formula is C12H12ClN3OS. The lowest BCUT2D eigenvalue weighted by atomic mass is 10.4. The van der Waals surface area contributed by atoms with Crippen LogP contribution in [0.1, 0.15) is 5.69 Å². The van der Waals surface area contributed by atoms with Gasteiger partial charge in [-0.25, -0.2) is 0 Å². The van der Waals surface area contributed by atoms with Gasteiger partial charge >= 0.3 is 0 Å². The first-order chi connectivity index (χ1) is 8.65. The van der Waals surface area contributed by atoms with Crippen molar-refractivity contribution < 1.29 is 4.79 Å². The van der Waals surface area contributed by atoms with Crippen LogP contribution in [0, 0.1) is 6.92 Å². The fourth-order valence-corrected chi connectivity index (χ4v) is 2.40. The van der Waals surface area contributed by atoms with Gasteiger partial charge in [0.1, 0.15) is 0 Å². The Morgan fingerprint density at radius 3 is 2.94 bits per heavy atom. The molecule has 0 radical (unpaired) electrons. The molecule has 6 heteroatoms.